The molecule has 3 saturated carbocycles. The summed E-state index contributed by atoms with van der Waals surface area (Å²) < 4.78 is 28.6. The van der Waals surface area contributed by atoms with Crippen molar-refractivity contribution in [2.75, 3.05) is 0 Å². The molecule has 3 aliphatic carbocycles. The van der Waals surface area contributed by atoms with E-state index in [0.717, 1.165) is 37.7 Å². The van der Waals surface area contributed by atoms with E-state index in [-0.39, 0.29) is 23.7 Å². The number of hydrogen-bond donors (Lipinski definition) is 3. The summed E-state index contributed by atoms with van der Waals surface area (Å²) in [7, 11) is 0. The van der Waals surface area contributed by atoms with Crippen LogP contribution in [-0.2, 0) is 0 Å². The summed E-state index contributed by atoms with van der Waals surface area (Å²) in [6.07, 6.45) is 5.37. The van der Waals surface area contributed by atoms with Gasteiger partial charge in [0, 0.05) is 25.2 Å². The van der Waals surface area contributed by atoms with Crippen molar-refractivity contribution in [1.29, 1.82) is 0 Å². The first-order chi connectivity index (χ1) is 14.8. The summed E-state index contributed by atoms with van der Waals surface area (Å²) in [5.41, 5.74) is 7.01. The maximum atomic E-state index is 14.3. The summed E-state index contributed by atoms with van der Waals surface area (Å²) >= 11 is 0. The minimum absolute atomic E-state index is 0.0798. The van der Waals surface area contributed by atoms with Crippen LogP contribution in [0.3, 0.4) is 0 Å². The number of allylic oxidation sites excluding steroid dienone is 1. The highest BCUT2D eigenvalue weighted by Gasteiger charge is 2.52. The Bertz CT molecular complexity index is 771. The quantitative estimate of drug-likeness (QED) is 0.463. The van der Waals surface area contributed by atoms with Crippen molar-refractivity contribution in [2.24, 2.45) is 29.1 Å². The van der Waals surface area contributed by atoms with Gasteiger partial charge in [0.2, 0.25) is 0 Å². The molecule has 0 spiro atoms. The number of aliphatic hydroxyl groups excluding tert-OH is 2. The molecule has 0 aromatic rings. The average molecular weight is 453 g/mol. The van der Waals surface area contributed by atoms with Crippen molar-refractivity contribution in [2.45, 2.75) is 116 Å². The monoisotopic (exact) mass is 452 g/mol. The van der Waals surface area contributed by atoms with E-state index in [2.05, 4.69) is 25.3 Å². The minimum atomic E-state index is -3.08. The Kier molecular flexibility index (Phi) is 7.50. The van der Waals surface area contributed by atoms with Crippen molar-refractivity contribution in [3.63, 3.8) is 0 Å². The smallest absolute Gasteiger partial charge is 0.275 e. The molecule has 5 heteroatoms. The van der Waals surface area contributed by atoms with E-state index in [9.17, 15) is 24.1 Å². The molecule has 0 aliphatic heterocycles. The molecule has 6 atom stereocenters. The van der Waals surface area contributed by atoms with Crippen molar-refractivity contribution in [1.82, 2.24) is 0 Å². The molecule has 0 aromatic heterocycles. The van der Waals surface area contributed by atoms with Crippen LogP contribution in [0.5, 0.6) is 0 Å². The summed E-state index contributed by atoms with van der Waals surface area (Å²) in [6, 6.07) is 0. The molecule has 3 fully saturated rings. The Hall–Kier alpha value is -0.960. The molecule has 0 saturated heterocycles. The largest absolute Gasteiger partial charge is 0.392 e. The number of aliphatic hydroxyl groups is 3. The van der Waals surface area contributed by atoms with Crippen molar-refractivity contribution in [3.8, 4) is 0 Å². The molecule has 0 radical (unpaired) electrons. The Morgan fingerprint density at radius 3 is 2.34 bits per heavy atom. The highest BCUT2D eigenvalue weighted by atomic mass is 19.3. The van der Waals surface area contributed by atoms with Crippen LogP contribution < -0.4 is 0 Å². The van der Waals surface area contributed by atoms with Crippen LogP contribution in [0.15, 0.2) is 22.6 Å². The molecule has 3 aliphatic rings. The summed E-state index contributed by atoms with van der Waals surface area (Å²) in [5, 5.41) is 30.2. The van der Waals surface area contributed by atoms with Crippen LogP contribution in [0.1, 0.15) is 92.4 Å². The van der Waals surface area contributed by atoms with Gasteiger partial charge in [-0.05, 0) is 86.7 Å². The predicted octanol–water partition coefficient (Wildman–Crippen LogP) is 5.78. The average Bonchev–Trinajstić information content (AvgIpc) is 3.05. The third kappa shape index (κ3) is 5.08. The number of halogens is 2. The van der Waals surface area contributed by atoms with Gasteiger partial charge in [0.05, 0.1) is 12.2 Å². The van der Waals surface area contributed by atoms with E-state index in [1.54, 1.807) is 0 Å². The topological polar surface area (TPSA) is 60.7 Å². The Labute approximate surface area is 192 Å². The van der Waals surface area contributed by atoms with Gasteiger partial charge in [0.1, 0.15) is 5.60 Å². The van der Waals surface area contributed by atoms with Gasteiger partial charge in [-0.1, -0.05) is 32.2 Å². The maximum absolute atomic E-state index is 14.3. The van der Waals surface area contributed by atoms with Crippen LogP contribution in [0.4, 0.5) is 8.78 Å². The number of hydrogen-bond acceptors (Lipinski definition) is 3. The van der Waals surface area contributed by atoms with Crippen LogP contribution in [0.2, 0.25) is 0 Å². The Morgan fingerprint density at radius 2 is 1.75 bits per heavy atom. The third-order valence-corrected chi connectivity index (χ3v) is 9.01. The third-order valence-electron chi connectivity index (χ3n) is 9.01. The molecule has 0 amide bonds. The Morgan fingerprint density at radius 1 is 1.12 bits per heavy atom. The zero-order chi connectivity index (χ0) is 23.9. The highest BCUT2D eigenvalue weighted by molar-refractivity contribution is 5.20. The summed E-state index contributed by atoms with van der Waals surface area (Å²) in [4.78, 5) is 0. The standard InChI is InChI=1S/C27H42F2O3/c1-17(12-14-27(28,29)25(3,4)32)21-10-11-22-20(7-6-13-26(21,22)5)9-8-19-15-23(30)18(2)24(31)16-19/h17-18,21-24,30-32H,6-7,10-16H2,1-5H3/t17-,18?,21?,22?,23+,24+,26+/m0/s1. The second-order valence-corrected chi connectivity index (χ2v) is 11.7. The molecule has 182 valence electrons. The molecule has 32 heavy (non-hydrogen) atoms. The fourth-order valence-electron chi connectivity index (χ4n) is 6.52. The second-order valence-electron chi connectivity index (χ2n) is 11.7. The molecular weight excluding hydrogens is 410 g/mol. The van der Waals surface area contributed by atoms with E-state index in [1.807, 2.05) is 6.92 Å². The fourth-order valence-corrected chi connectivity index (χ4v) is 6.52. The first-order valence-electron chi connectivity index (χ1n) is 12.4. The number of alkyl halides is 2. The molecule has 0 aromatic carbocycles. The van der Waals surface area contributed by atoms with Crippen LogP contribution in [-0.4, -0.2) is 39.1 Å². The van der Waals surface area contributed by atoms with Crippen LogP contribution >= 0.6 is 0 Å². The maximum Gasteiger partial charge on any atom is 0.275 e. The van der Waals surface area contributed by atoms with Gasteiger partial charge in [-0.2, -0.15) is 0 Å². The number of rotatable bonds is 5. The fraction of sp³-hybridized carbons (Fsp3) is 0.852. The van der Waals surface area contributed by atoms with Gasteiger partial charge < -0.3 is 15.3 Å². The molecular formula is C27H42F2O3. The normalized spacial score (nSPS) is 37.0. The zero-order valence-corrected chi connectivity index (χ0v) is 20.4. The molecule has 2 unspecified atom stereocenters. The number of fused-ring (bicyclic) bond motifs is 1. The van der Waals surface area contributed by atoms with Crippen molar-refractivity contribution in [3.05, 3.63) is 22.6 Å². The Balaban J connectivity index is 1.76. The molecule has 0 heterocycles. The van der Waals surface area contributed by atoms with Gasteiger partial charge >= 0.3 is 0 Å². The molecule has 0 bridgehead atoms. The lowest BCUT2D eigenvalue weighted by Crippen LogP contribution is -2.43. The van der Waals surface area contributed by atoms with E-state index >= 15 is 0 Å². The van der Waals surface area contributed by atoms with Crippen LogP contribution in [0.25, 0.3) is 0 Å². The lowest BCUT2D eigenvalue weighted by Gasteiger charge is -2.44. The first kappa shape index (κ1) is 25.7. The lowest BCUT2D eigenvalue weighted by molar-refractivity contribution is -0.168. The van der Waals surface area contributed by atoms with E-state index < -0.39 is 23.7 Å². The van der Waals surface area contributed by atoms with Gasteiger partial charge in [0.25, 0.3) is 5.92 Å². The molecule has 3 nitrogen and oxygen atoms in total. The summed E-state index contributed by atoms with van der Waals surface area (Å²) in [5.74, 6) is -2.26. The minimum Gasteiger partial charge on any atom is -0.392 e. The highest BCUT2D eigenvalue weighted by Crippen LogP contribution is 2.59. The van der Waals surface area contributed by atoms with Crippen molar-refractivity contribution < 1.29 is 24.1 Å². The van der Waals surface area contributed by atoms with Gasteiger partial charge in [-0.25, -0.2) is 8.78 Å². The summed E-state index contributed by atoms with van der Waals surface area (Å²) in [6.45, 7) is 8.67. The lowest BCUT2D eigenvalue weighted by atomic mass is 9.61. The van der Waals surface area contributed by atoms with Gasteiger partial charge in [0.15, 0.2) is 0 Å². The zero-order valence-electron chi connectivity index (χ0n) is 20.4. The van der Waals surface area contributed by atoms with Crippen molar-refractivity contribution >= 4 is 0 Å². The first-order valence-corrected chi connectivity index (χ1v) is 12.4. The molecule has 3 rings (SSSR count). The van der Waals surface area contributed by atoms with Gasteiger partial charge in [-0.3, -0.25) is 0 Å². The predicted molar refractivity (Wildman–Crippen MR) is 122 cm³/mol. The van der Waals surface area contributed by atoms with E-state index in [4.69, 9.17) is 0 Å². The SMILES string of the molecule is CC1[C@H](O)CC(=C=C=C2CCC[C@@]3(C)C2CCC3[C@@H](C)CCC(F)(F)C(C)(C)O)C[C@H]1O. The second kappa shape index (κ2) is 9.35. The van der Waals surface area contributed by atoms with E-state index in [1.165, 1.54) is 19.4 Å². The molecule has 3 N–H and O–H groups in total. The van der Waals surface area contributed by atoms with E-state index in [0.29, 0.717) is 31.1 Å². The van der Waals surface area contributed by atoms with Crippen LogP contribution in [0, 0.1) is 29.1 Å². The van der Waals surface area contributed by atoms with Gasteiger partial charge in [-0.15, -0.1) is 0 Å².